The van der Waals surface area contributed by atoms with E-state index in [0.717, 1.165) is 11.1 Å². The summed E-state index contributed by atoms with van der Waals surface area (Å²) in [5.41, 5.74) is 3.29. The quantitative estimate of drug-likeness (QED) is 0.722. The fraction of sp³-hybridized carbons (Fsp3) is 0.150. The van der Waals surface area contributed by atoms with Crippen molar-refractivity contribution in [1.82, 2.24) is 14.7 Å². The van der Waals surface area contributed by atoms with Gasteiger partial charge in [0, 0.05) is 19.8 Å². The lowest BCUT2D eigenvalue weighted by molar-refractivity contribution is 0.0785. The van der Waals surface area contributed by atoms with Gasteiger partial charge in [0.25, 0.3) is 5.91 Å². The molecule has 3 aromatic rings. The van der Waals surface area contributed by atoms with E-state index in [1.165, 1.54) is 0 Å². The molecule has 5 heteroatoms. The number of hydrogen-bond acceptors (Lipinski definition) is 3. The zero-order valence-corrected chi connectivity index (χ0v) is 14.0. The molecule has 0 N–H and O–H groups in total. The third-order valence-corrected chi connectivity index (χ3v) is 3.92. The van der Waals surface area contributed by atoms with Crippen molar-refractivity contribution >= 4 is 5.91 Å². The molecule has 0 spiro atoms. The number of aromatic nitrogens is 2. The fourth-order valence-electron chi connectivity index (χ4n) is 2.58. The zero-order valence-electron chi connectivity index (χ0n) is 14.0. The van der Waals surface area contributed by atoms with Crippen LogP contribution in [0.2, 0.25) is 0 Å². The van der Waals surface area contributed by atoms with Crippen LogP contribution in [0, 0.1) is 11.3 Å². The molecule has 0 aliphatic carbocycles. The Labute approximate surface area is 146 Å². The van der Waals surface area contributed by atoms with Gasteiger partial charge in [0.15, 0.2) is 0 Å². The molecule has 0 radical (unpaired) electrons. The van der Waals surface area contributed by atoms with Gasteiger partial charge in [-0.3, -0.25) is 9.48 Å². The SMILES string of the molecule is CN(Cc1ccc(C#N)cc1)C(=O)c1cnn(Cc2ccccc2)c1. The van der Waals surface area contributed by atoms with Crippen LogP contribution in [0.3, 0.4) is 0 Å². The van der Waals surface area contributed by atoms with Crippen molar-refractivity contribution in [3.8, 4) is 6.07 Å². The summed E-state index contributed by atoms with van der Waals surface area (Å²) in [6.45, 7) is 1.11. The van der Waals surface area contributed by atoms with Crippen molar-refractivity contribution in [1.29, 1.82) is 5.26 Å². The van der Waals surface area contributed by atoms with Crippen molar-refractivity contribution in [3.05, 3.63) is 89.2 Å². The predicted octanol–water partition coefficient (Wildman–Crippen LogP) is 3.08. The highest BCUT2D eigenvalue weighted by molar-refractivity contribution is 5.93. The van der Waals surface area contributed by atoms with Crippen LogP contribution in [0.15, 0.2) is 67.0 Å². The largest absolute Gasteiger partial charge is 0.337 e. The lowest BCUT2D eigenvalue weighted by Gasteiger charge is -2.16. The minimum atomic E-state index is -0.0799. The summed E-state index contributed by atoms with van der Waals surface area (Å²) in [5, 5.41) is 13.1. The minimum Gasteiger partial charge on any atom is -0.337 e. The van der Waals surface area contributed by atoms with E-state index in [1.807, 2.05) is 42.5 Å². The average Bonchev–Trinajstić information content (AvgIpc) is 3.11. The first kappa shape index (κ1) is 16.5. The van der Waals surface area contributed by atoms with Crippen molar-refractivity contribution in [2.75, 3.05) is 7.05 Å². The Bertz CT molecular complexity index is 891. The molecule has 5 nitrogen and oxygen atoms in total. The third kappa shape index (κ3) is 4.12. The molecule has 1 amide bonds. The maximum atomic E-state index is 12.6. The van der Waals surface area contributed by atoms with Gasteiger partial charge in [-0.15, -0.1) is 0 Å². The van der Waals surface area contributed by atoms with Gasteiger partial charge >= 0.3 is 0 Å². The van der Waals surface area contributed by atoms with Gasteiger partial charge in [-0.25, -0.2) is 0 Å². The Balaban J connectivity index is 1.65. The predicted molar refractivity (Wildman–Crippen MR) is 94.7 cm³/mol. The van der Waals surface area contributed by atoms with Crippen LogP contribution < -0.4 is 0 Å². The Hall–Kier alpha value is -3.39. The fourth-order valence-corrected chi connectivity index (χ4v) is 2.58. The van der Waals surface area contributed by atoms with Gasteiger partial charge in [0.1, 0.15) is 0 Å². The molecule has 1 heterocycles. The lowest BCUT2D eigenvalue weighted by Crippen LogP contribution is -2.25. The standard InChI is InChI=1S/C20H18N4O/c1-23(13-18-9-7-16(11-21)8-10-18)20(25)19-12-22-24(15-19)14-17-5-3-2-4-6-17/h2-10,12,15H,13-14H2,1H3. The Morgan fingerprint density at radius 2 is 1.84 bits per heavy atom. The average molecular weight is 330 g/mol. The van der Waals surface area contributed by atoms with Crippen LogP contribution in [-0.4, -0.2) is 27.6 Å². The third-order valence-electron chi connectivity index (χ3n) is 3.92. The number of hydrogen-bond donors (Lipinski definition) is 0. The first-order valence-corrected chi connectivity index (χ1v) is 7.96. The van der Waals surface area contributed by atoms with E-state index in [4.69, 9.17) is 5.26 Å². The summed E-state index contributed by atoms with van der Waals surface area (Å²) in [7, 11) is 1.76. The second-order valence-corrected chi connectivity index (χ2v) is 5.88. The van der Waals surface area contributed by atoms with Gasteiger partial charge in [-0.05, 0) is 23.3 Å². The number of amides is 1. The van der Waals surface area contributed by atoms with E-state index < -0.39 is 0 Å². The van der Waals surface area contributed by atoms with Crippen molar-refractivity contribution in [2.45, 2.75) is 13.1 Å². The maximum absolute atomic E-state index is 12.6. The van der Waals surface area contributed by atoms with Crippen LogP contribution >= 0.6 is 0 Å². The van der Waals surface area contributed by atoms with Gasteiger partial charge in [-0.1, -0.05) is 42.5 Å². The highest BCUT2D eigenvalue weighted by Gasteiger charge is 2.14. The molecule has 25 heavy (non-hydrogen) atoms. The molecule has 0 bridgehead atoms. The minimum absolute atomic E-state index is 0.0799. The highest BCUT2D eigenvalue weighted by Crippen LogP contribution is 2.10. The normalized spacial score (nSPS) is 10.2. The smallest absolute Gasteiger partial charge is 0.257 e. The Kier molecular flexibility index (Phi) is 4.91. The molecule has 1 aromatic heterocycles. The molecule has 0 fully saturated rings. The molecule has 0 saturated carbocycles. The maximum Gasteiger partial charge on any atom is 0.257 e. The summed E-state index contributed by atoms with van der Waals surface area (Å²) in [4.78, 5) is 14.2. The monoisotopic (exact) mass is 330 g/mol. The lowest BCUT2D eigenvalue weighted by atomic mass is 10.1. The van der Waals surface area contributed by atoms with E-state index in [9.17, 15) is 4.79 Å². The molecule has 0 atom stereocenters. The highest BCUT2D eigenvalue weighted by atomic mass is 16.2. The van der Waals surface area contributed by atoms with Crippen LogP contribution in [0.25, 0.3) is 0 Å². The molecular weight excluding hydrogens is 312 g/mol. The van der Waals surface area contributed by atoms with Crippen molar-refractivity contribution in [3.63, 3.8) is 0 Å². The molecule has 3 rings (SSSR count). The topological polar surface area (TPSA) is 61.9 Å². The van der Waals surface area contributed by atoms with Crippen molar-refractivity contribution in [2.24, 2.45) is 0 Å². The number of carbonyl (C=O) groups is 1. The molecule has 0 aliphatic rings. The van der Waals surface area contributed by atoms with E-state index in [0.29, 0.717) is 24.2 Å². The number of rotatable bonds is 5. The first-order valence-electron chi connectivity index (χ1n) is 7.96. The van der Waals surface area contributed by atoms with E-state index in [-0.39, 0.29) is 5.91 Å². The molecule has 124 valence electrons. The summed E-state index contributed by atoms with van der Waals surface area (Å²) < 4.78 is 1.76. The Morgan fingerprint density at radius 1 is 1.12 bits per heavy atom. The molecule has 0 saturated heterocycles. The van der Waals surface area contributed by atoms with Crippen LogP contribution in [0.4, 0.5) is 0 Å². The van der Waals surface area contributed by atoms with Crippen molar-refractivity contribution < 1.29 is 4.79 Å². The number of benzene rings is 2. The molecule has 0 unspecified atom stereocenters. The molecule has 2 aromatic carbocycles. The summed E-state index contributed by atoms with van der Waals surface area (Å²) >= 11 is 0. The molecule has 0 aliphatic heterocycles. The second-order valence-electron chi connectivity index (χ2n) is 5.88. The number of nitriles is 1. The van der Waals surface area contributed by atoms with Gasteiger partial charge in [0.2, 0.25) is 0 Å². The van der Waals surface area contributed by atoms with E-state index in [2.05, 4.69) is 11.2 Å². The first-order chi connectivity index (χ1) is 12.2. The molecular formula is C20H18N4O. The van der Waals surface area contributed by atoms with E-state index >= 15 is 0 Å². The van der Waals surface area contributed by atoms with Gasteiger partial charge in [-0.2, -0.15) is 10.4 Å². The van der Waals surface area contributed by atoms with Crippen LogP contribution in [0.1, 0.15) is 27.0 Å². The number of nitrogens with zero attached hydrogens (tertiary/aromatic N) is 4. The van der Waals surface area contributed by atoms with Crippen LogP contribution in [0.5, 0.6) is 0 Å². The van der Waals surface area contributed by atoms with E-state index in [1.54, 1.807) is 41.2 Å². The Morgan fingerprint density at radius 3 is 2.52 bits per heavy atom. The zero-order chi connectivity index (χ0) is 17.6. The second kappa shape index (κ2) is 7.45. The summed E-state index contributed by atoms with van der Waals surface area (Å²) in [5.74, 6) is -0.0799. The summed E-state index contributed by atoms with van der Waals surface area (Å²) in [6.07, 6.45) is 3.37. The summed E-state index contributed by atoms with van der Waals surface area (Å²) in [6, 6.07) is 19.3. The number of carbonyl (C=O) groups excluding carboxylic acids is 1. The van der Waals surface area contributed by atoms with Gasteiger partial charge in [0.05, 0.1) is 29.9 Å². The van der Waals surface area contributed by atoms with Crippen LogP contribution in [-0.2, 0) is 13.1 Å². The van der Waals surface area contributed by atoms with Gasteiger partial charge < -0.3 is 4.90 Å².